The van der Waals surface area contributed by atoms with Crippen molar-refractivity contribution in [2.45, 2.75) is 26.7 Å². The fraction of sp³-hybridized carbons (Fsp3) is 0.250. The highest BCUT2D eigenvalue weighted by Gasteiger charge is 2.37. The number of aromatic nitrogens is 4. The molecule has 1 aliphatic heterocycles. The van der Waals surface area contributed by atoms with Gasteiger partial charge in [0.1, 0.15) is 23.7 Å². The van der Waals surface area contributed by atoms with Crippen LogP contribution in [0.15, 0.2) is 40.5 Å². The molecule has 1 atom stereocenters. The third-order valence-corrected chi connectivity index (χ3v) is 3.91. The number of furan rings is 1. The molecule has 4 rings (SSSR count). The summed E-state index contributed by atoms with van der Waals surface area (Å²) in [5.41, 5.74) is 1.85. The van der Waals surface area contributed by atoms with Gasteiger partial charge in [-0.05, 0) is 32.9 Å². The van der Waals surface area contributed by atoms with Crippen LogP contribution in [0.1, 0.15) is 36.9 Å². The van der Waals surface area contributed by atoms with Gasteiger partial charge in [0.25, 0.3) is 0 Å². The third-order valence-electron chi connectivity index (χ3n) is 3.91. The summed E-state index contributed by atoms with van der Waals surface area (Å²) in [5, 5.41) is 4.28. The van der Waals surface area contributed by atoms with Crippen LogP contribution in [0.2, 0.25) is 0 Å². The molecular formula is C16H14N4O3. The summed E-state index contributed by atoms with van der Waals surface area (Å²) in [4.78, 5) is 21.0. The van der Waals surface area contributed by atoms with Gasteiger partial charge in [-0.1, -0.05) is 0 Å². The van der Waals surface area contributed by atoms with Gasteiger partial charge in [0.15, 0.2) is 11.4 Å². The van der Waals surface area contributed by atoms with Crippen LogP contribution in [0.5, 0.6) is 5.88 Å². The SMILES string of the molecule is CC(=O)C1=C(C)Oc2ncn3nc(C)nc3c2[C@@H]1c1ccco1. The fourth-order valence-corrected chi connectivity index (χ4v) is 3.04. The number of aryl methyl sites for hydroxylation is 1. The van der Waals surface area contributed by atoms with Gasteiger partial charge in [-0.25, -0.2) is 14.5 Å². The number of carbonyl (C=O) groups excluding carboxylic acids is 1. The van der Waals surface area contributed by atoms with Gasteiger partial charge in [0.2, 0.25) is 5.88 Å². The summed E-state index contributed by atoms with van der Waals surface area (Å²) in [5.74, 6) is 1.73. The number of fused-ring (bicyclic) bond motifs is 3. The summed E-state index contributed by atoms with van der Waals surface area (Å²) < 4.78 is 13.0. The van der Waals surface area contributed by atoms with Gasteiger partial charge in [0.05, 0.1) is 17.7 Å². The van der Waals surface area contributed by atoms with Gasteiger partial charge in [-0.2, -0.15) is 5.10 Å². The molecule has 0 amide bonds. The Hall–Kier alpha value is -2.96. The number of rotatable bonds is 2. The van der Waals surface area contributed by atoms with Crippen molar-refractivity contribution in [3.05, 3.63) is 53.2 Å². The summed E-state index contributed by atoms with van der Waals surface area (Å²) in [6, 6.07) is 3.63. The topological polar surface area (TPSA) is 82.5 Å². The van der Waals surface area contributed by atoms with E-state index in [1.807, 2.05) is 6.07 Å². The van der Waals surface area contributed by atoms with E-state index in [1.54, 1.807) is 37.0 Å². The van der Waals surface area contributed by atoms with E-state index in [-0.39, 0.29) is 5.78 Å². The zero-order valence-electron chi connectivity index (χ0n) is 12.9. The molecule has 3 aromatic rings. The van der Waals surface area contributed by atoms with Crippen LogP contribution in [-0.2, 0) is 4.79 Å². The predicted octanol–water partition coefficient (Wildman–Crippen LogP) is 2.41. The number of Topliss-reactive ketones (excluding diaryl/α,β-unsaturated/α-hetero) is 1. The van der Waals surface area contributed by atoms with Crippen molar-refractivity contribution in [1.29, 1.82) is 0 Å². The Morgan fingerprint density at radius 3 is 2.87 bits per heavy atom. The van der Waals surface area contributed by atoms with Gasteiger partial charge < -0.3 is 9.15 Å². The Balaban J connectivity index is 2.07. The van der Waals surface area contributed by atoms with Gasteiger partial charge in [0, 0.05) is 5.57 Å². The second kappa shape index (κ2) is 4.77. The lowest BCUT2D eigenvalue weighted by molar-refractivity contribution is -0.114. The normalized spacial score (nSPS) is 17.3. The average molecular weight is 310 g/mol. The second-order valence-corrected chi connectivity index (χ2v) is 5.47. The Morgan fingerprint density at radius 1 is 1.35 bits per heavy atom. The predicted molar refractivity (Wildman–Crippen MR) is 80.1 cm³/mol. The molecule has 0 radical (unpaired) electrons. The van der Waals surface area contributed by atoms with E-state index in [4.69, 9.17) is 9.15 Å². The van der Waals surface area contributed by atoms with Crippen molar-refractivity contribution >= 4 is 11.4 Å². The second-order valence-electron chi connectivity index (χ2n) is 5.47. The highest BCUT2D eigenvalue weighted by atomic mass is 16.5. The summed E-state index contributed by atoms with van der Waals surface area (Å²) in [6.45, 7) is 5.08. The number of ketones is 1. The molecule has 23 heavy (non-hydrogen) atoms. The third kappa shape index (κ3) is 1.97. The highest BCUT2D eigenvalue weighted by Crippen LogP contribution is 2.44. The molecule has 3 aromatic heterocycles. The number of ether oxygens (including phenoxy) is 1. The van der Waals surface area contributed by atoms with Crippen molar-refractivity contribution in [3.8, 4) is 5.88 Å². The van der Waals surface area contributed by atoms with Crippen molar-refractivity contribution in [1.82, 2.24) is 19.6 Å². The highest BCUT2D eigenvalue weighted by molar-refractivity contribution is 5.97. The quantitative estimate of drug-likeness (QED) is 0.723. The number of allylic oxidation sites excluding steroid dienone is 2. The molecule has 116 valence electrons. The molecule has 7 nitrogen and oxygen atoms in total. The standard InChI is InChI=1S/C16H14N4O3/c1-8(21)12-9(2)23-16-14(13(12)11-5-4-6-22-11)15-18-10(3)19-20(15)7-17-16/h4-7,13H,1-3H3/t13-/m1/s1. The lowest BCUT2D eigenvalue weighted by atomic mass is 9.85. The smallest absolute Gasteiger partial charge is 0.228 e. The Bertz CT molecular complexity index is 953. The summed E-state index contributed by atoms with van der Waals surface area (Å²) >= 11 is 0. The lowest BCUT2D eigenvalue weighted by Crippen LogP contribution is -2.21. The molecule has 0 fully saturated rings. The molecule has 7 heteroatoms. The number of carbonyl (C=O) groups is 1. The Morgan fingerprint density at radius 2 is 2.17 bits per heavy atom. The van der Waals surface area contributed by atoms with E-state index in [1.165, 1.54) is 6.92 Å². The van der Waals surface area contributed by atoms with Crippen LogP contribution in [0.25, 0.3) is 5.65 Å². The minimum atomic E-state index is -0.411. The minimum absolute atomic E-state index is 0.0761. The molecule has 0 bridgehead atoms. The van der Waals surface area contributed by atoms with Crippen molar-refractivity contribution in [3.63, 3.8) is 0 Å². The van der Waals surface area contributed by atoms with Crippen LogP contribution >= 0.6 is 0 Å². The maximum Gasteiger partial charge on any atom is 0.228 e. The zero-order chi connectivity index (χ0) is 16.1. The number of nitrogens with zero attached hydrogens (tertiary/aromatic N) is 4. The van der Waals surface area contributed by atoms with Crippen molar-refractivity contribution in [2.75, 3.05) is 0 Å². The number of hydrogen-bond donors (Lipinski definition) is 0. The molecule has 0 N–H and O–H groups in total. The van der Waals surface area contributed by atoms with E-state index < -0.39 is 5.92 Å². The molecule has 0 saturated heterocycles. The number of hydrogen-bond acceptors (Lipinski definition) is 6. The van der Waals surface area contributed by atoms with E-state index >= 15 is 0 Å². The van der Waals surface area contributed by atoms with E-state index in [2.05, 4.69) is 15.1 Å². The molecule has 0 unspecified atom stereocenters. The molecule has 4 heterocycles. The maximum absolute atomic E-state index is 12.2. The minimum Gasteiger partial charge on any atom is -0.468 e. The lowest BCUT2D eigenvalue weighted by Gasteiger charge is -2.26. The fourth-order valence-electron chi connectivity index (χ4n) is 3.04. The van der Waals surface area contributed by atoms with E-state index in [9.17, 15) is 4.79 Å². The average Bonchev–Trinajstić information content (AvgIpc) is 3.13. The largest absolute Gasteiger partial charge is 0.468 e. The molecular weight excluding hydrogens is 296 g/mol. The first-order valence-electron chi connectivity index (χ1n) is 7.21. The summed E-state index contributed by atoms with van der Waals surface area (Å²) in [6.07, 6.45) is 3.14. The summed E-state index contributed by atoms with van der Waals surface area (Å²) in [7, 11) is 0. The first-order chi connectivity index (χ1) is 11.1. The monoisotopic (exact) mass is 310 g/mol. The van der Waals surface area contributed by atoms with E-state index in [0.717, 1.165) is 0 Å². The molecule has 0 saturated carbocycles. The van der Waals surface area contributed by atoms with Gasteiger partial charge in [-0.15, -0.1) is 0 Å². The van der Waals surface area contributed by atoms with Gasteiger partial charge >= 0.3 is 0 Å². The van der Waals surface area contributed by atoms with Crippen LogP contribution in [0.3, 0.4) is 0 Å². The van der Waals surface area contributed by atoms with Crippen LogP contribution in [0.4, 0.5) is 0 Å². The van der Waals surface area contributed by atoms with Gasteiger partial charge in [-0.3, -0.25) is 4.79 Å². The maximum atomic E-state index is 12.2. The van der Waals surface area contributed by atoms with Crippen LogP contribution in [0, 0.1) is 6.92 Å². The first-order valence-corrected chi connectivity index (χ1v) is 7.21. The molecule has 0 aromatic carbocycles. The first kappa shape index (κ1) is 13.7. The molecule has 1 aliphatic rings. The Labute approximate surface area is 131 Å². The zero-order valence-corrected chi connectivity index (χ0v) is 12.9. The van der Waals surface area contributed by atoms with E-state index in [0.29, 0.717) is 40.0 Å². The van der Waals surface area contributed by atoms with Crippen molar-refractivity contribution < 1.29 is 13.9 Å². The van der Waals surface area contributed by atoms with Crippen molar-refractivity contribution in [2.24, 2.45) is 0 Å². The Kier molecular flexibility index (Phi) is 2.84. The van der Waals surface area contributed by atoms with Crippen LogP contribution in [-0.4, -0.2) is 25.4 Å². The molecule has 0 spiro atoms. The van der Waals surface area contributed by atoms with Crippen LogP contribution < -0.4 is 4.74 Å². The molecule has 0 aliphatic carbocycles.